The van der Waals surface area contributed by atoms with Crippen LogP contribution < -0.4 is 0 Å². The van der Waals surface area contributed by atoms with Crippen molar-refractivity contribution in [3.8, 4) is 0 Å². The van der Waals surface area contributed by atoms with Gasteiger partial charge in [0.2, 0.25) is 0 Å². The highest BCUT2D eigenvalue weighted by Gasteiger charge is 2.26. The van der Waals surface area contributed by atoms with Crippen molar-refractivity contribution >= 4 is 23.2 Å². The van der Waals surface area contributed by atoms with E-state index in [-0.39, 0.29) is 12.0 Å². The van der Waals surface area contributed by atoms with Crippen LogP contribution in [0.1, 0.15) is 43.6 Å². The summed E-state index contributed by atoms with van der Waals surface area (Å²) in [5.41, 5.74) is 0.931. The highest BCUT2D eigenvalue weighted by Crippen LogP contribution is 2.39. The number of rotatable bonds is 1. The number of benzene rings is 1. The summed E-state index contributed by atoms with van der Waals surface area (Å²) in [5, 5.41) is 11.5. The lowest BCUT2D eigenvalue weighted by Gasteiger charge is -2.22. The molecule has 0 aromatic heterocycles. The molecule has 0 aliphatic heterocycles. The number of halogens is 2. The van der Waals surface area contributed by atoms with E-state index in [9.17, 15) is 5.11 Å². The fraction of sp³-hybridized carbons (Fsp3) is 0.538. The maximum absolute atomic E-state index is 10.1. The predicted molar refractivity (Wildman–Crippen MR) is 68.3 cm³/mol. The smallest absolute Gasteiger partial charge is 0.0609 e. The second kappa shape index (κ2) is 5.39. The number of hydrogen-bond acceptors (Lipinski definition) is 1. The molecule has 1 N–H and O–H groups in total. The van der Waals surface area contributed by atoms with Crippen molar-refractivity contribution in [2.24, 2.45) is 0 Å². The fourth-order valence-electron chi connectivity index (χ4n) is 2.49. The molecule has 1 aromatic carbocycles. The summed E-state index contributed by atoms with van der Waals surface area (Å²) in [6, 6.07) is 5.54. The Morgan fingerprint density at radius 2 is 1.62 bits per heavy atom. The van der Waals surface area contributed by atoms with Crippen LogP contribution in [0.15, 0.2) is 18.2 Å². The molecule has 2 rings (SSSR count). The first-order valence-electron chi connectivity index (χ1n) is 5.82. The minimum atomic E-state index is -0.306. The predicted octanol–water partition coefficient (Wildman–Crippen LogP) is 4.40. The lowest BCUT2D eigenvalue weighted by molar-refractivity contribution is 0.135. The molecule has 0 heterocycles. The summed E-state index contributed by atoms with van der Waals surface area (Å²) < 4.78 is 0. The van der Waals surface area contributed by atoms with Crippen molar-refractivity contribution in [1.29, 1.82) is 0 Å². The summed E-state index contributed by atoms with van der Waals surface area (Å²) in [4.78, 5) is 0. The molecule has 0 radical (unpaired) electrons. The van der Waals surface area contributed by atoms with Gasteiger partial charge in [-0.2, -0.15) is 0 Å². The Hall–Kier alpha value is -0.240. The lowest BCUT2D eigenvalue weighted by Crippen LogP contribution is -2.17. The Morgan fingerprint density at radius 3 is 2.31 bits per heavy atom. The minimum Gasteiger partial charge on any atom is -0.392 e. The van der Waals surface area contributed by atoms with Crippen LogP contribution in [-0.4, -0.2) is 11.2 Å². The normalized spacial score (nSPS) is 26.4. The molecule has 0 amide bonds. The van der Waals surface area contributed by atoms with Gasteiger partial charge in [0.05, 0.1) is 6.10 Å². The first kappa shape index (κ1) is 12.2. The van der Waals surface area contributed by atoms with E-state index in [1.54, 1.807) is 0 Å². The van der Waals surface area contributed by atoms with Crippen molar-refractivity contribution in [1.82, 2.24) is 0 Å². The Labute approximate surface area is 106 Å². The number of aliphatic hydroxyl groups excluding tert-OH is 1. The van der Waals surface area contributed by atoms with Gasteiger partial charge in [-0.3, -0.25) is 0 Å². The van der Waals surface area contributed by atoms with Crippen molar-refractivity contribution < 1.29 is 5.11 Å². The third-order valence-corrected chi connectivity index (χ3v) is 4.01. The van der Waals surface area contributed by atoms with Gasteiger partial charge in [-0.15, -0.1) is 0 Å². The first-order valence-corrected chi connectivity index (χ1v) is 6.57. The van der Waals surface area contributed by atoms with Crippen LogP contribution in [-0.2, 0) is 0 Å². The molecule has 3 heteroatoms. The monoisotopic (exact) mass is 258 g/mol. The first-order chi connectivity index (χ1) is 7.70. The summed E-state index contributed by atoms with van der Waals surface area (Å²) >= 11 is 12.4. The molecule has 1 aliphatic rings. The molecule has 0 saturated heterocycles. The highest BCUT2D eigenvalue weighted by atomic mass is 35.5. The Bertz CT molecular complexity index is 345. The molecule has 0 spiro atoms. The zero-order valence-electron chi connectivity index (χ0n) is 9.13. The van der Waals surface area contributed by atoms with Gasteiger partial charge in [0, 0.05) is 16.0 Å². The van der Waals surface area contributed by atoms with Crippen LogP contribution >= 0.6 is 23.2 Å². The molecule has 1 aliphatic carbocycles. The largest absolute Gasteiger partial charge is 0.392 e. The van der Waals surface area contributed by atoms with E-state index in [1.807, 2.05) is 18.2 Å². The van der Waals surface area contributed by atoms with E-state index in [1.165, 1.54) is 6.42 Å². The van der Waals surface area contributed by atoms with E-state index < -0.39 is 0 Å². The lowest BCUT2D eigenvalue weighted by atomic mass is 9.89. The van der Waals surface area contributed by atoms with E-state index in [0.29, 0.717) is 10.0 Å². The topological polar surface area (TPSA) is 20.2 Å². The van der Waals surface area contributed by atoms with Crippen LogP contribution in [0.3, 0.4) is 0 Å². The Kier molecular flexibility index (Phi) is 4.12. The zero-order valence-corrected chi connectivity index (χ0v) is 10.6. The summed E-state index contributed by atoms with van der Waals surface area (Å²) in [6.45, 7) is 0. The van der Waals surface area contributed by atoms with Crippen LogP contribution in [0.2, 0.25) is 10.0 Å². The van der Waals surface area contributed by atoms with Gasteiger partial charge in [0.25, 0.3) is 0 Å². The van der Waals surface area contributed by atoms with Gasteiger partial charge < -0.3 is 5.11 Å². The molecule has 1 saturated carbocycles. The van der Waals surface area contributed by atoms with Crippen molar-refractivity contribution in [3.05, 3.63) is 33.8 Å². The van der Waals surface area contributed by atoms with E-state index in [4.69, 9.17) is 23.2 Å². The number of hydrogen-bond donors (Lipinski definition) is 1. The zero-order chi connectivity index (χ0) is 11.5. The average molecular weight is 259 g/mol. The third-order valence-electron chi connectivity index (χ3n) is 3.35. The maximum Gasteiger partial charge on any atom is 0.0609 e. The van der Waals surface area contributed by atoms with Gasteiger partial charge in [-0.25, -0.2) is 0 Å². The molecule has 1 fully saturated rings. The Morgan fingerprint density at radius 1 is 1.00 bits per heavy atom. The minimum absolute atomic E-state index is 0.101. The number of aliphatic hydroxyl groups is 1. The van der Waals surface area contributed by atoms with Gasteiger partial charge in [0.1, 0.15) is 0 Å². The van der Waals surface area contributed by atoms with Crippen LogP contribution in [0.25, 0.3) is 0 Å². The van der Waals surface area contributed by atoms with Gasteiger partial charge in [-0.1, -0.05) is 48.5 Å². The SMILES string of the molecule is OC1CCCCCC1c1c(Cl)cccc1Cl. The second-order valence-electron chi connectivity index (χ2n) is 4.45. The molecule has 88 valence electrons. The van der Waals surface area contributed by atoms with E-state index >= 15 is 0 Å². The van der Waals surface area contributed by atoms with E-state index in [0.717, 1.165) is 31.2 Å². The molecule has 16 heavy (non-hydrogen) atoms. The van der Waals surface area contributed by atoms with Crippen molar-refractivity contribution in [2.75, 3.05) is 0 Å². The van der Waals surface area contributed by atoms with Crippen LogP contribution in [0.5, 0.6) is 0 Å². The van der Waals surface area contributed by atoms with Gasteiger partial charge >= 0.3 is 0 Å². The third kappa shape index (κ3) is 2.53. The summed E-state index contributed by atoms with van der Waals surface area (Å²) in [6.07, 6.45) is 4.95. The molecule has 2 unspecified atom stereocenters. The molecule has 2 atom stereocenters. The van der Waals surface area contributed by atoms with Crippen molar-refractivity contribution in [3.63, 3.8) is 0 Å². The molecule has 1 nitrogen and oxygen atoms in total. The highest BCUT2D eigenvalue weighted by molar-refractivity contribution is 6.36. The molecule has 0 bridgehead atoms. The Balaban J connectivity index is 2.33. The van der Waals surface area contributed by atoms with Crippen LogP contribution in [0, 0.1) is 0 Å². The van der Waals surface area contributed by atoms with Crippen molar-refractivity contribution in [2.45, 2.75) is 44.1 Å². The van der Waals surface area contributed by atoms with Gasteiger partial charge in [0.15, 0.2) is 0 Å². The van der Waals surface area contributed by atoms with Crippen LogP contribution in [0.4, 0.5) is 0 Å². The average Bonchev–Trinajstić information content (AvgIpc) is 2.44. The summed E-state index contributed by atoms with van der Waals surface area (Å²) in [5.74, 6) is 0.101. The maximum atomic E-state index is 10.1. The quantitative estimate of drug-likeness (QED) is 0.741. The van der Waals surface area contributed by atoms with Gasteiger partial charge in [-0.05, 0) is 30.5 Å². The fourth-order valence-corrected chi connectivity index (χ4v) is 3.17. The standard InChI is InChI=1S/C13H16Cl2O/c14-10-6-4-7-11(15)13(10)9-5-2-1-3-8-12(9)16/h4,6-7,9,12,16H,1-3,5,8H2. The summed E-state index contributed by atoms with van der Waals surface area (Å²) in [7, 11) is 0. The molecular formula is C13H16Cl2O. The molecule has 1 aromatic rings. The van der Waals surface area contributed by atoms with E-state index in [2.05, 4.69) is 0 Å². The second-order valence-corrected chi connectivity index (χ2v) is 5.26. The molecular weight excluding hydrogens is 243 g/mol.